The first-order chi connectivity index (χ1) is 12.5. The van der Waals surface area contributed by atoms with Gasteiger partial charge in [-0.3, -0.25) is 9.78 Å². The molecule has 2 heterocycles. The van der Waals surface area contributed by atoms with Crippen LogP contribution >= 0.6 is 34.5 Å². The summed E-state index contributed by atoms with van der Waals surface area (Å²) >= 11 is 13.4. The Hall–Kier alpha value is -2.48. The highest BCUT2D eigenvalue weighted by Crippen LogP contribution is 2.40. The van der Waals surface area contributed by atoms with Crippen LogP contribution in [0.3, 0.4) is 0 Å². The molecule has 0 unspecified atom stereocenters. The Morgan fingerprint density at radius 3 is 2.65 bits per heavy atom. The van der Waals surface area contributed by atoms with Gasteiger partial charge in [0.1, 0.15) is 16.3 Å². The lowest BCUT2D eigenvalue weighted by molar-refractivity contribution is 0.0603. The van der Waals surface area contributed by atoms with Crippen LogP contribution in [-0.4, -0.2) is 29.0 Å². The number of anilines is 1. The van der Waals surface area contributed by atoms with E-state index >= 15 is 0 Å². The molecule has 6 nitrogen and oxygen atoms in total. The molecule has 0 aliphatic heterocycles. The molecule has 0 saturated carbocycles. The number of hydrogen-bond donors (Lipinski definition) is 1. The summed E-state index contributed by atoms with van der Waals surface area (Å²) in [6.45, 7) is 0. The Kier molecular flexibility index (Phi) is 5.51. The molecule has 2 aromatic heterocycles. The van der Waals surface area contributed by atoms with Crippen LogP contribution in [-0.2, 0) is 4.74 Å². The van der Waals surface area contributed by atoms with Crippen LogP contribution in [0.5, 0.6) is 0 Å². The molecule has 26 heavy (non-hydrogen) atoms. The van der Waals surface area contributed by atoms with Crippen molar-refractivity contribution in [1.29, 1.82) is 0 Å². The highest BCUT2D eigenvalue weighted by Gasteiger charge is 2.24. The van der Waals surface area contributed by atoms with Gasteiger partial charge in [0.2, 0.25) is 0 Å². The first-order valence-corrected chi connectivity index (χ1v) is 8.87. The van der Waals surface area contributed by atoms with Crippen molar-refractivity contribution in [3.63, 3.8) is 0 Å². The molecule has 1 N–H and O–H groups in total. The van der Waals surface area contributed by atoms with E-state index in [1.807, 2.05) is 0 Å². The summed E-state index contributed by atoms with van der Waals surface area (Å²) in [4.78, 5) is 32.4. The van der Waals surface area contributed by atoms with Crippen LogP contribution in [0, 0.1) is 0 Å². The standard InChI is InChI=1S/C17H11Cl2N3O3S/c1-25-17(24)14-11(10-3-2-9(18)6-12(10)19)8-26-16(14)22-15(23)13-7-20-4-5-21-13/h2-8H,1H3,(H,22,23). The molecule has 0 fully saturated rings. The normalized spacial score (nSPS) is 10.4. The van der Waals surface area contributed by atoms with E-state index in [0.717, 1.165) is 0 Å². The van der Waals surface area contributed by atoms with E-state index in [-0.39, 0.29) is 11.3 Å². The van der Waals surface area contributed by atoms with Gasteiger partial charge in [-0.1, -0.05) is 29.3 Å². The summed E-state index contributed by atoms with van der Waals surface area (Å²) in [5.41, 5.74) is 1.48. The fourth-order valence-corrected chi connectivity index (χ4v) is 3.70. The third-order valence-electron chi connectivity index (χ3n) is 3.42. The Morgan fingerprint density at radius 1 is 1.19 bits per heavy atom. The fourth-order valence-electron chi connectivity index (χ4n) is 2.24. The van der Waals surface area contributed by atoms with Gasteiger partial charge in [-0.25, -0.2) is 9.78 Å². The van der Waals surface area contributed by atoms with Crippen molar-refractivity contribution in [2.75, 3.05) is 12.4 Å². The number of ether oxygens (including phenoxy) is 1. The maximum Gasteiger partial charge on any atom is 0.341 e. The lowest BCUT2D eigenvalue weighted by atomic mass is 10.0. The smallest absolute Gasteiger partial charge is 0.341 e. The number of benzene rings is 1. The second-order valence-corrected chi connectivity index (χ2v) is 6.74. The number of thiophene rings is 1. The van der Waals surface area contributed by atoms with Gasteiger partial charge in [0.25, 0.3) is 5.91 Å². The van der Waals surface area contributed by atoms with Gasteiger partial charge in [-0.2, -0.15) is 0 Å². The lowest BCUT2D eigenvalue weighted by Crippen LogP contribution is -2.15. The maximum atomic E-state index is 12.3. The Labute approximate surface area is 162 Å². The number of nitrogens with one attached hydrogen (secondary N) is 1. The number of nitrogens with zero attached hydrogens (tertiary/aromatic N) is 2. The molecule has 1 aromatic carbocycles. The van der Waals surface area contributed by atoms with Crippen molar-refractivity contribution in [3.8, 4) is 11.1 Å². The largest absolute Gasteiger partial charge is 0.465 e. The molecule has 3 aromatic rings. The minimum Gasteiger partial charge on any atom is -0.465 e. The molecule has 0 radical (unpaired) electrons. The van der Waals surface area contributed by atoms with Gasteiger partial charge >= 0.3 is 5.97 Å². The minimum absolute atomic E-state index is 0.128. The first-order valence-electron chi connectivity index (χ1n) is 7.24. The van der Waals surface area contributed by atoms with Gasteiger partial charge in [0, 0.05) is 38.9 Å². The summed E-state index contributed by atoms with van der Waals surface area (Å²) in [5, 5.41) is 5.57. The van der Waals surface area contributed by atoms with E-state index in [1.165, 1.54) is 37.0 Å². The Bertz CT molecular complexity index is 977. The van der Waals surface area contributed by atoms with E-state index in [4.69, 9.17) is 27.9 Å². The second kappa shape index (κ2) is 7.82. The quantitative estimate of drug-likeness (QED) is 0.641. The predicted octanol–water partition coefficient (Wildman–Crippen LogP) is 4.55. The number of amides is 1. The monoisotopic (exact) mass is 407 g/mol. The second-order valence-electron chi connectivity index (χ2n) is 5.01. The summed E-state index contributed by atoms with van der Waals surface area (Å²) in [6, 6.07) is 4.95. The van der Waals surface area contributed by atoms with Crippen LogP contribution in [0.2, 0.25) is 10.0 Å². The average Bonchev–Trinajstić information content (AvgIpc) is 3.05. The molecule has 0 spiro atoms. The van der Waals surface area contributed by atoms with Crippen molar-refractivity contribution in [3.05, 3.63) is 63.5 Å². The van der Waals surface area contributed by atoms with Gasteiger partial charge in [-0.15, -0.1) is 11.3 Å². The first kappa shape index (κ1) is 18.3. The van der Waals surface area contributed by atoms with Crippen molar-refractivity contribution in [2.45, 2.75) is 0 Å². The summed E-state index contributed by atoms with van der Waals surface area (Å²) in [5.74, 6) is -1.08. The molecule has 3 rings (SSSR count). The molecule has 9 heteroatoms. The van der Waals surface area contributed by atoms with Crippen LogP contribution in [0.1, 0.15) is 20.8 Å². The van der Waals surface area contributed by atoms with E-state index in [1.54, 1.807) is 23.6 Å². The zero-order valence-electron chi connectivity index (χ0n) is 13.3. The molecular weight excluding hydrogens is 397 g/mol. The molecule has 0 bridgehead atoms. The van der Waals surface area contributed by atoms with Crippen molar-refractivity contribution >= 4 is 51.4 Å². The number of rotatable bonds is 4. The molecule has 0 aliphatic carbocycles. The predicted molar refractivity (Wildman–Crippen MR) is 101 cm³/mol. The number of aromatic nitrogens is 2. The average molecular weight is 408 g/mol. The topological polar surface area (TPSA) is 81.2 Å². The molecule has 132 valence electrons. The summed E-state index contributed by atoms with van der Waals surface area (Å²) in [7, 11) is 1.27. The maximum absolute atomic E-state index is 12.3. The number of carbonyl (C=O) groups is 2. The van der Waals surface area contributed by atoms with Crippen LogP contribution < -0.4 is 5.32 Å². The third kappa shape index (κ3) is 3.70. The molecule has 1 amide bonds. The van der Waals surface area contributed by atoms with E-state index in [0.29, 0.717) is 26.2 Å². The molecule has 0 atom stereocenters. The van der Waals surface area contributed by atoms with E-state index in [2.05, 4.69) is 15.3 Å². The van der Waals surface area contributed by atoms with Crippen LogP contribution in [0.25, 0.3) is 11.1 Å². The Morgan fingerprint density at radius 2 is 2.00 bits per heavy atom. The SMILES string of the molecule is COC(=O)c1c(-c2ccc(Cl)cc2Cl)csc1NC(=O)c1cnccn1. The number of carbonyl (C=O) groups excluding carboxylic acids is 2. The number of hydrogen-bond acceptors (Lipinski definition) is 6. The van der Waals surface area contributed by atoms with Crippen LogP contribution in [0.4, 0.5) is 5.00 Å². The van der Waals surface area contributed by atoms with Crippen molar-refractivity contribution in [2.24, 2.45) is 0 Å². The number of esters is 1. The lowest BCUT2D eigenvalue weighted by Gasteiger charge is -2.08. The van der Waals surface area contributed by atoms with Gasteiger partial charge in [0.15, 0.2) is 0 Å². The third-order valence-corrected chi connectivity index (χ3v) is 4.87. The van der Waals surface area contributed by atoms with Crippen LogP contribution in [0.15, 0.2) is 42.2 Å². The zero-order chi connectivity index (χ0) is 18.7. The number of halogens is 2. The van der Waals surface area contributed by atoms with Gasteiger partial charge < -0.3 is 10.1 Å². The highest BCUT2D eigenvalue weighted by molar-refractivity contribution is 7.15. The highest BCUT2D eigenvalue weighted by atomic mass is 35.5. The summed E-state index contributed by atoms with van der Waals surface area (Å²) in [6.07, 6.45) is 4.20. The minimum atomic E-state index is -0.596. The molecule has 0 aliphatic rings. The summed E-state index contributed by atoms with van der Waals surface area (Å²) < 4.78 is 4.87. The van der Waals surface area contributed by atoms with E-state index < -0.39 is 11.9 Å². The molecular formula is C17H11Cl2N3O3S. The number of methoxy groups -OCH3 is 1. The van der Waals surface area contributed by atoms with Crippen molar-refractivity contribution in [1.82, 2.24) is 9.97 Å². The fraction of sp³-hybridized carbons (Fsp3) is 0.0588. The van der Waals surface area contributed by atoms with Gasteiger partial charge in [-0.05, 0) is 12.1 Å². The van der Waals surface area contributed by atoms with Crippen molar-refractivity contribution < 1.29 is 14.3 Å². The zero-order valence-corrected chi connectivity index (χ0v) is 15.7. The van der Waals surface area contributed by atoms with Gasteiger partial charge in [0.05, 0.1) is 13.3 Å². The molecule has 0 saturated heterocycles. The van der Waals surface area contributed by atoms with E-state index in [9.17, 15) is 9.59 Å². The Balaban J connectivity index is 2.03.